The second-order valence-electron chi connectivity index (χ2n) is 5.08. The van der Waals surface area contributed by atoms with Crippen LogP contribution < -0.4 is 0 Å². The van der Waals surface area contributed by atoms with Gasteiger partial charge < -0.3 is 9.42 Å². The average molecular weight is 292 g/mol. The lowest BCUT2D eigenvalue weighted by Crippen LogP contribution is -2.46. The molecular weight excluding hydrogens is 272 g/mol. The van der Waals surface area contributed by atoms with Gasteiger partial charge in [-0.15, -0.1) is 11.3 Å². The highest BCUT2D eigenvalue weighted by molar-refractivity contribution is 7.13. The van der Waals surface area contributed by atoms with E-state index in [1.807, 2.05) is 17.5 Å². The summed E-state index contributed by atoms with van der Waals surface area (Å²) in [6, 6.07) is 4.21. The Bertz CT molecular complexity index is 531. The fraction of sp³-hybridized carbons (Fsp3) is 0.571. The molecule has 1 fully saturated rings. The van der Waals surface area contributed by atoms with Gasteiger partial charge in [-0.3, -0.25) is 4.90 Å². The van der Waals surface area contributed by atoms with E-state index in [1.54, 1.807) is 11.3 Å². The second-order valence-corrected chi connectivity index (χ2v) is 6.03. The number of likely N-dealkylation sites (N-methyl/N-ethyl adjacent to an activating group) is 1. The summed E-state index contributed by atoms with van der Waals surface area (Å²) < 4.78 is 5.45. The molecule has 1 atom stereocenters. The van der Waals surface area contributed by atoms with Crippen LogP contribution in [0.5, 0.6) is 0 Å². The third-order valence-electron chi connectivity index (χ3n) is 3.94. The predicted molar refractivity (Wildman–Crippen MR) is 79.7 cm³/mol. The summed E-state index contributed by atoms with van der Waals surface area (Å²) in [7, 11) is 0. The number of hydrogen-bond acceptors (Lipinski definition) is 6. The fourth-order valence-corrected chi connectivity index (χ4v) is 3.18. The van der Waals surface area contributed by atoms with Gasteiger partial charge in [0.15, 0.2) is 0 Å². The van der Waals surface area contributed by atoms with Crippen molar-refractivity contribution in [3.05, 3.63) is 23.4 Å². The maximum atomic E-state index is 5.45. The van der Waals surface area contributed by atoms with Gasteiger partial charge in [-0.25, -0.2) is 0 Å². The van der Waals surface area contributed by atoms with Crippen molar-refractivity contribution in [2.75, 3.05) is 32.7 Å². The molecule has 1 saturated heterocycles. The summed E-state index contributed by atoms with van der Waals surface area (Å²) in [4.78, 5) is 10.5. The van der Waals surface area contributed by atoms with Crippen molar-refractivity contribution in [1.29, 1.82) is 0 Å². The molecular formula is C14H20N4OS. The van der Waals surface area contributed by atoms with Gasteiger partial charge in [-0.1, -0.05) is 18.1 Å². The van der Waals surface area contributed by atoms with E-state index in [0.29, 0.717) is 5.82 Å². The number of piperazine rings is 1. The van der Waals surface area contributed by atoms with Crippen LogP contribution in [0.15, 0.2) is 22.0 Å². The van der Waals surface area contributed by atoms with E-state index in [0.717, 1.165) is 43.5 Å². The Labute approximate surface area is 123 Å². The summed E-state index contributed by atoms with van der Waals surface area (Å²) in [5.41, 5.74) is 0. The monoisotopic (exact) mass is 292 g/mol. The van der Waals surface area contributed by atoms with Crippen LogP contribution in [-0.4, -0.2) is 52.7 Å². The molecule has 1 unspecified atom stereocenters. The van der Waals surface area contributed by atoms with Crippen LogP contribution in [0, 0.1) is 0 Å². The van der Waals surface area contributed by atoms with Gasteiger partial charge in [0.2, 0.25) is 11.7 Å². The van der Waals surface area contributed by atoms with E-state index in [2.05, 4.69) is 33.8 Å². The fourth-order valence-electron chi connectivity index (χ4n) is 2.53. The van der Waals surface area contributed by atoms with Crippen LogP contribution in [0.25, 0.3) is 10.7 Å². The summed E-state index contributed by atoms with van der Waals surface area (Å²) >= 11 is 1.63. The van der Waals surface area contributed by atoms with Crippen molar-refractivity contribution in [2.45, 2.75) is 19.9 Å². The highest BCUT2D eigenvalue weighted by Crippen LogP contribution is 2.25. The zero-order valence-corrected chi connectivity index (χ0v) is 12.8. The van der Waals surface area contributed by atoms with Gasteiger partial charge in [0.05, 0.1) is 10.9 Å². The molecule has 0 N–H and O–H groups in total. The zero-order chi connectivity index (χ0) is 13.9. The smallest absolute Gasteiger partial charge is 0.244 e. The first-order chi connectivity index (χ1) is 9.78. The normalized spacial score (nSPS) is 19.3. The molecule has 0 saturated carbocycles. The highest BCUT2D eigenvalue weighted by atomic mass is 32.1. The number of nitrogens with zero attached hydrogens (tertiary/aromatic N) is 4. The molecule has 1 aliphatic heterocycles. The van der Waals surface area contributed by atoms with E-state index >= 15 is 0 Å². The molecule has 5 nitrogen and oxygen atoms in total. The quantitative estimate of drug-likeness (QED) is 0.866. The third-order valence-corrected chi connectivity index (χ3v) is 4.81. The average Bonchev–Trinajstić information content (AvgIpc) is 3.17. The van der Waals surface area contributed by atoms with E-state index in [-0.39, 0.29) is 6.04 Å². The van der Waals surface area contributed by atoms with E-state index < -0.39 is 0 Å². The van der Waals surface area contributed by atoms with Crippen LogP contribution in [0.2, 0.25) is 0 Å². The molecule has 1 aliphatic rings. The molecule has 2 aromatic heterocycles. The molecule has 0 amide bonds. The molecule has 2 aromatic rings. The van der Waals surface area contributed by atoms with Crippen molar-refractivity contribution in [3.8, 4) is 10.7 Å². The Morgan fingerprint density at radius 2 is 2.15 bits per heavy atom. The van der Waals surface area contributed by atoms with Crippen molar-refractivity contribution >= 4 is 11.3 Å². The largest absolute Gasteiger partial charge is 0.337 e. The van der Waals surface area contributed by atoms with E-state index in [4.69, 9.17) is 4.52 Å². The topological polar surface area (TPSA) is 45.4 Å². The molecule has 3 rings (SSSR count). The lowest BCUT2D eigenvalue weighted by Gasteiger charge is -2.36. The van der Waals surface area contributed by atoms with Crippen molar-refractivity contribution in [1.82, 2.24) is 19.9 Å². The maximum absolute atomic E-state index is 5.45. The number of rotatable bonds is 4. The zero-order valence-electron chi connectivity index (χ0n) is 12.0. The van der Waals surface area contributed by atoms with Crippen LogP contribution >= 0.6 is 11.3 Å². The van der Waals surface area contributed by atoms with Crippen molar-refractivity contribution < 1.29 is 4.52 Å². The Morgan fingerprint density at radius 3 is 2.80 bits per heavy atom. The molecule has 108 valence electrons. The second kappa shape index (κ2) is 6.03. The predicted octanol–water partition coefficient (Wildman–Crippen LogP) is 2.50. The summed E-state index contributed by atoms with van der Waals surface area (Å²) in [5, 5.41) is 6.12. The van der Waals surface area contributed by atoms with Crippen LogP contribution in [0.3, 0.4) is 0 Å². The Hall–Kier alpha value is -1.24. The molecule has 0 radical (unpaired) electrons. The van der Waals surface area contributed by atoms with Gasteiger partial charge in [0.1, 0.15) is 0 Å². The number of hydrogen-bond donors (Lipinski definition) is 0. The highest BCUT2D eigenvalue weighted by Gasteiger charge is 2.25. The summed E-state index contributed by atoms with van der Waals surface area (Å²) in [6.07, 6.45) is 0. The Morgan fingerprint density at radius 1 is 1.35 bits per heavy atom. The molecule has 20 heavy (non-hydrogen) atoms. The van der Waals surface area contributed by atoms with Crippen molar-refractivity contribution in [3.63, 3.8) is 0 Å². The first kappa shape index (κ1) is 13.7. The standard InChI is InChI=1S/C14H20N4OS/c1-3-17-6-8-18(9-7-17)11(2)14-15-13(16-19-14)12-5-4-10-20-12/h4-5,10-11H,3,6-9H2,1-2H3. The van der Waals surface area contributed by atoms with Gasteiger partial charge in [-0.2, -0.15) is 4.98 Å². The Kier molecular flexibility index (Phi) is 4.14. The summed E-state index contributed by atoms with van der Waals surface area (Å²) in [5.74, 6) is 1.42. The molecule has 0 bridgehead atoms. The minimum atomic E-state index is 0.190. The van der Waals surface area contributed by atoms with Gasteiger partial charge in [0.25, 0.3) is 0 Å². The molecule has 0 spiro atoms. The van der Waals surface area contributed by atoms with E-state index in [1.165, 1.54) is 0 Å². The molecule has 0 aromatic carbocycles. The van der Waals surface area contributed by atoms with Crippen LogP contribution in [0.4, 0.5) is 0 Å². The Balaban J connectivity index is 1.67. The first-order valence-corrected chi connectivity index (χ1v) is 7.99. The third kappa shape index (κ3) is 2.77. The van der Waals surface area contributed by atoms with Crippen LogP contribution in [-0.2, 0) is 0 Å². The molecule has 6 heteroatoms. The van der Waals surface area contributed by atoms with Crippen LogP contribution in [0.1, 0.15) is 25.8 Å². The lowest BCUT2D eigenvalue weighted by atomic mass is 10.2. The van der Waals surface area contributed by atoms with Gasteiger partial charge in [-0.05, 0) is 24.9 Å². The molecule has 3 heterocycles. The SMILES string of the molecule is CCN1CCN(C(C)c2nc(-c3cccs3)no2)CC1. The molecule has 0 aliphatic carbocycles. The first-order valence-electron chi connectivity index (χ1n) is 7.12. The van der Waals surface area contributed by atoms with Gasteiger partial charge >= 0.3 is 0 Å². The lowest BCUT2D eigenvalue weighted by molar-refractivity contribution is 0.0914. The number of aromatic nitrogens is 2. The summed E-state index contributed by atoms with van der Waals surface area (Å²) in [6.45, 7) is 9.85. The number of thiophene rings is 1. The van der Waals surface area contributed by atoms with Gasteiger partial charge in [0, 0.05) is 26.2 Å². The van der Waals surface area contributed by atoms with Crippen molar-refractivity contribution in [2.24, 2.45) is 0 Å². The van der Waals surface area contributed by atoms with E-state index in [9.17, 15) is 0 Å². The maximum Gasteiger partial charge on any atom is 0.244 e. The minimum Gasteiger partial charge on any atom is -0.337 e. The minimum absolute atomic E-state index is 0.190.